The van der Waals surface area contributed by atoms with Crippen molar-refractivity contribution in [2.75, 3.05) is 6.61 Å². The second-order valence-corrected chi connectivity index (χ2v) is 7.11. The van der Waals surface area contributed by atoms with Crippen LogP contribution in [0.15, 0.2) is 4.52 Å². The summed E-state index contributed by atoms with van der Waals surface area (Å²) in [5.41, 5.74) is 3.66. The van der Waals surface area contributed by atoms with Crippen LogP contribution < -0.4 is 5.32 Å². The van der Waals surface area contributed by atoms with Gasteiger partial charge in [-0.3, -0.25) is 4.79 Å². The average molecular weight is 344 g/mol. The van der Waals surface area contributed by atoms with E-state index in [1.54, 1.807) is 6.92 Å². The molecule has 0 bridgehead atoms. The minimum absolute atomic E-state index is 0.0678. The number of aromatic nitrogens is 3. The molecule has 1 fully saturated rings. The second-order valence-electron chi connectivity index (χ2n) is 7.11. The summed E-state index contributed by atoms with van der Waals surface area (Å²) in [6.45, 7) is 4.45. The number of aryl methyl sites for hydroxylation is 2. The molecule has 2 heterocycles. The van der Waals surface area contributed by atoms with Crippen LogP contribution in [-0.2, 0) is 19.4 Å². The fraction of sp³-hybridized carbons (Fsp3) is 0.611. The molecule has 2 N–H and O–H groups in total. The molecule has 1 amide bonds. The van der Waals surface area contributed by atoms with E-state index >= 15 is 0 Å². The topological polar surface area (TPSA) is 93.2 Å². The Balaban J connectivity index is 1.49. The van der Waals surface area contributed by atoms with Gasteiger partial charge in [0.2, 0.25) is 0 Å². The average Bonchev–Trinajstić information content (AvgIpc) is 3.28. The summed E-state index contributed by atoms with van der Waals surface area (Å²) < 4.78 is 7.35. The fourth-order valence-electron chi connectivity index (χ4n) is 3.84. The van der Waals surface area contributed by atoms with Crippen LogP contribution in [0.1, 0.15) is 64.2 Å². The van der Waals surface area contributed by atoms with Gasteiger partial charge in [-0.25, -0.2) is 4.98 Å². The molecule has 25 heavy (non-hydrogen) atoms. The van der Waals surface area contributed by atoms with Gasteiger partial charge in [0.1, 0.15) is 17.1 Å². The van der Waals surface area contributed by atoms with E-state index in [4.69, 9.17) is 4.52 Å². The van der Waals surface area contributed by atoms with Gasteiger partial charge in [-0.05, 0) is 39.5 Å². The highest BCUT2D eigenvalue weighted by atomic mass is 16.5. The summed E-state index contributed by atoms with van der Waals surface area (Å²) >= 11 is 0. The molecule has 0 radical (unpaired) electrons. The van der Waals surface area contributed by atoms with Gasteiger partial charge in [0.15, 0.2) is 0 Å². The van der Waals surface area contributed by atoms with Gasteiger partial charge in [-0.15, -0.1) is 0 Å². The van der Waals surface area contributed by atoms with Crippen LogP contribution in [0.2, 0.25) is 0 Å². The summed E-state index contributed by atoms with van der Waals surface area (Å²) in [5.74, 6) is 1.82. The second kappa shape index (κ2) is 6.29. The van der Waals surface area contributed by atoms with E-state index in [9.17, 15) is 9.90 Å². The lowest BCUT2D eigenvalue weighted by Gasteiger charge is -2.24. The molecule has 0 aromatic carbocycles. The lowest BCUT2D eigenvalue weighted by Crippen LogP contribution is -2.39. The van der Waals surface area contributed by atoms with Gasteiger partial charge in [0.25, 0.3) is 5.91 Å². The SMILES string of the molecule is Cc1onc(C2CC2)c1C(=O)NC1CCc2c(nc(C)n2CCO)C1. The number of aliphatic hydroxyl groups is 1. The monoisotopic (exact) mass is 344 g/mol. The van der Waals surface area contributed by atoms with Crippen molar-refractivity contribution >= 4 is 5.91 Å². The number of imidazole rings is 1. The first-order valence-corrected chi connectivity index (χ1v) is 9.01. The van der Waals surface area contributed by atoms with E-state index in [1.165, 1.54) is 5.69 Å². The number of carbonyl (C=O) groups is 1. The predicted octanol–water partition coefficient (Wildman–Crippen LogP) is 1.64. The van der Waals surface area contributed by atoms with Crippen molar-refractivity contribution in [1.29, 1.82) is 0 Å². The third kappa shape index (κ3) is 2.97. The van der Waals surface area contributed by atoms with Crippen molar-refractivity contribution in [2.24, 2.45) is 0 Å². The maximum atomic E-state index is 12.8. The highest BCUT2D eigenvalue weighted by Crippen LogP contribution is 2.41. The number of hydrogen-bond acceptors (Lipinski definition) is 5. The first-order chi connectivity index (χ1) is 12.1. The molecular formula is C18H24N4O3. The largest absolute Gasteiger partial charge is 0.395 e. The van der Waals surface area contributed by atoms with Crippen molar-refractivity contribution in [2.45, 2.75) is 64.5 Å². The van der Waals surface area contributed by atoms with Crippen LogP contribution in [0.3, 0.4) is 0 Å². The molecule has 2 aromatic heterocycles. The normalized spacial score (nSPS) is 19.7. The molecule has 2 aliphatic carbocycles. The number of carbonyl (C=O) groups excluding carboxylic acids is 1. The van der Waals surface area contributed by atoms with E-state index < -0.39 is 0 Å². The maximum absolute atomic E-state index is 12.8. The highest BCUT2D eigenvalue weighted by molar-refractivity contribution is 5.96. The van der Waals surface area contributed by atoms with Gasteiger partial charge < -0.3 is 19.5 Å². The molecular weight excluding hydrogens is 320 g/mol. The van der Waals surface area contributed by atoms with Crippen LogP contribution >= 0.6 is 0 Å². The lowest BCUT2D eigenvalue weighted by atomic mass is 9.95. The molecule has 4 rings (SSSR count). The predicted molar refractivity (Wildman–Crippen MR) is 90.5 cm³/mol. The van der Waals surface area contributed by atoms with Gasteiger partial charge in [-0.2, -0.15) is 0 Å². The summed E-state index contributed by atoms with van der Waals surface area (Å²) in [6, 6.07) is 0.0678. The van der Waals surface area contributed by atoms with Crippen LogP contribution in [0.5, 0.6) is 0 Å². The van der Waals surface area contributed by atoms with Crippen LogP contribution in [0.25, 0.3) is 0 Å². The molecule has 7 nitrogen and oxygen atoms in total. The molecule has 1 atom stereocenters. The summed E-state index contributed by atoms with van der Waals surface area (Å²) in [6.07, 6.45) is 4.63. The van der Waals surface area contributed by atoms with E-state index in [1.807, 2.05) is 6.92 Å². The number of hydrogen-bond donors (Lipinski definition) is 2. The standard InChI is InChI=1S/C18H24N4O3/c1-10-16(17(21-25-10)12-3-4-12)18(24)20-13-5-6-15-14(9-13)19-11(2)22(15)7-8-23/h12-13,23H,3-9H2,1-2H3,(H,20,24). The Morgan fingerprint density at radius 2 is 2.16 bits per heavy atom. The van der Waals surface area contributed by atoms with Crippen molar-refractivity contribution in [3.05, 3.63) is 34.2 Å². The Hall–Kier alpha value is -2.15. The lowest BCUT2D eigenvalue weighted by molar-refractivity contribution is 0.0931. The number of aliphatic hydroxyl groups excluding tert-OH is 1. The zero-order valence-corrected chi connectivity index (χ0v) is 14.7. The molecule has 7 heteroatoms. The summed E-state index contributed by atoms with van der Waals surface area (Å²) in [5, 5.41) is 16.5. The smallest absolute Gasteiger partial charge is 0.257 e. The van der Waals surface area contributed by atoms with Crippen LogP contribution in [0.4, 0.5) is 0 Å². The van der Waals surface area contributed by atoms with E-state index in [-0.39, 0.29) is 18.6 Å². The minimum atomic E-state index is -0.0828. The Kier molecular flexibility index (Phi) is 4.11. The quantitative estimate of drug-likeness (QED) is 0.860. The molecule has 0 spiro atoms. The number of fused-ring (bicyclic) bond motifs is 1. The highest BCUT2D eigenvalue weighted by Gasteiger charge is 2.34. The van der Waals surface area contributed by atoms with Gasteiger partial charge in [0.05, 0.1) is 18.0 Å². The Morgan fingerprint density at radius 3 is 2.88 bits per heavy atom. The van der Waals surface area contributed by atoms with Gasteiger partial charge in [0, 0.05) is 30.6 Å². The fourth-order valence-corrected chi connectivity index (χ4v) is 3.84. The summed E-state index contributed by atoms with van der Waals surface area (Å²) in [7, 11) is 0. The van der Waals surface area contributed by atoms with Crippen molar-refractivity contribution in [3.8, 4) is 0 Å². The van der Waals surface area contributed by atoms with Crippen LogP contribution in [-0.4, -0.2) is 38.4 Å². The molecule has 2 aliphatic rings. The van der Waals surface area contributed by atoms with Crippen LogP contribution in [0, 0.1) is 13.8 Å². The molecule has 2 aromatic rings. The molecule has 1 saturated carbocycles. The van der Waals surface area contributed by atoms with Crippen molar-refractivity contribution in [3.63, 3.8) is 0 Å². The third-order valence-electron chi connectivity index (χ3n) is 5.25. The summed E-state index contributed by atoms with van der Waals surface area (Å²) in [4.78, 5) is 17.4. The number of nitrogens with zero attached hydrogens (tertiary/aromatic N) is 3. The zero-order chi connectivity index (χ0) is 17.6. The molecule has 134 valence electrons. The third-order valence-corrected chi connectivity index (χ3v) is 5.25. The Bertz CT molecular complexity index is 804. The zero-order valence-electron chi connectivity index (χ0n) is 14.7. The van der Waals surface area contributed by atoms with Gasteiger partial charge in [-0.1, -0.05) is 5.16 Å². The van der Waals surface area contributed by atoms with E-state index in [0.717, 1.165) is 49.3 Å². The molecule has 0 saturated heterocycles. The van der Waals surface area contributed by atoms with Gasteiger partial charge >= 0.3 is 0 Å². The molecule has 0 aliphatic heterocycles. The number of nitrogens with one attached hydrogen (secondary N) is 1. The first kappa shape index (κ1) is 16.3. The van der Waals surface area contributed by atoms with Crippen molar-refractivity contribution < 1.29 is 14.4 Å². The maximum Gasteiger partial charge on any atom is 0.257 e. The molecule has 1 unspecified atom stereocenters. The Labute approximate surface area is 146 Å². The number of rotatable bonds is 5. The van der Waals surface area contributed by atoms with E-state index in [0.29, 0.717) is 23.8 Å². The first-order valence-electron chi connectivity index (χ1n) is 9.01. The minimum Gasteiger partial charge on any atom is -0.395 e. The Morgan fingerprint density at radius 1 is 1.36 bits per heavy atom. The van der Waals surface area contributed by atoms with Crippen molar-refractivity contribution in [1.82, 2.24) is 20.0 Å². The number of amides is 1. The van der Waals surface area contributed by atoms with E-state index in [2.05, 4.69) is 20.0 Å².